The van der Waals surface area contributed by atoms with Crippen LogP contribution in [-0.2, 0) is 11.3 Å². The quantitative estimate of drug-likeness (QED) is 0.511. The van der Waals surface area contributed by atoms with Crippen LogP contribution in [0.1, 0.15) is 18.2 Å². The minimum Gasteiger partial charge on any atom is -0.293 e. The highest BCUT2D eigenvalue weighted by Gasteiger charge is 2.17. The summed E-state index contributed by atoms with van der Waals surface area (Å²) in [6.45, 7) is 3.78. The summed E-state index contributed by atoms with van der Waals surface area (Å²) >= 11 is 2.91. The Kier molecular flexibility index (Phi) is 4.82. The van der Waals surface area contributed by atoms with Crippen LogP contribution in [0.15, 0.2) is 46.8 Å². The lowest BCUT2D eigenvalue weighted by atomic mass is 10.1. The maximum atomic E-state index is 13.1. The fraction of sp³-hybridized carbons (Fsp3) is 0.200. The number of hydrogen-bond donors (Lipinski definition) is 0. The number of aryl methyl sites for hydroxylation is 1. The van der Waals surface area contributed by atoms with E-state index in [2.05, 4.69) is 9.97 Å². The summed E-state index contributed by atoms with van der Waals surface area (Å²) in [4.78, 5) is 36.9. The van der Waals surface area contributed by atoms with E-state index in [1.54, 1.807) is 17.9 Å². The zero-order valence-electron chi connectivity index (χ0n) is 15.7. The van der Waals surface area contributed by atoms with Crippen molar-refractivity contribution in [2.24, 2.45) is 0 Å². The van der Waals surface area contributed by atoms with Crippen LogP contribution in [-0.4, -0.2) is 27.5 Å². The number of benzene rings is 1. The van der Waals surface area contributed by atoms with E-state index >= 15 is 0 Å². The van der Waals surface area contributed by atoms with Gasteiger partial charge in [0.1, 0.15) is 4.83 Å². The number of rotatable bonds is 4. The number of carbonyl (C=O) groups is 1. The zero-order valence-corrected chi connectivity index (χ0v) is 17.3. The third-order valence-electron chi connectivity index (χ3n) is 4.58. The summed E-state index contributed by atoms with van der Waals surface area (Å²) in [5.41, 5.74) is 2.70. The molecule has 0 fully saturated rings. The summed E-state index contributed by atoms with van der Waals surface area (Å²) in [7, 11) is 1.69. The molecule has 0 spiro atoms. The molecule has 0 aliphatic rings. The molecule has 0 radical (unpaired) electrons. The highest BCUT2D eigenvalue weighted by molar-refractivity contribution is 7.22. The lowest BCUT2D eigenvalue weighted by Gasteiger charge is -2.09. The minimum atomic E-state index is -0.0801. The monoisotopic (exact) mass is 410 g/mol. The van der Waals surface area contributed by atoms with Gasteiger partial charge in [0, 0.05) is 24.2 Å². The predicted molar refractivity (Wildman–Crippen MR) is 114 cm³/mol. The SMILES string of the molecule is CC(=O)N(C)c1nc(Cn2cnc3sc(-c4ccccc4)c(C)c3c2=O)cs1. The van der Waals surface area contributed by atoms with Gasteiger partial charge in [-0.15, -0.1) is 22.7 Å². The van der Waals surface area contributed by atoms with Crippen molar-refractivity contribution < 1.29 is 4.79 Å². The molecule has 4 rings (SSSR count). The van der Waals surface area contributed by atoms with E-state index in [0.29, 0.717) is 17.1 Å². The van der Waals surface area contributed by atoms with Gasteiger partial charge in [-0.3, -0.25) is 19.1 Å². The third kappa shape index (κ3) is 3.25. The van der Waals surface area contributed by atoms with E-state index in [4.69, 9.17) is 0 Å². The van der Waals surface area contributed by atoms with Gasteiger partial charge in [0.05, 0.1) is 24.0 Å². The standard InChI is InChI=1S/C20H18N4O2S2/c1-12-16-18(28-17(12)14-7-5-4-6-8-14)21-11-24(19(16)26)9-15-10-27-20(22-15)23(3)13(2)25/h4-8,10-11H,9H2,1-3H3. The lowest BCUT2D eigenvalue weighted by Crippen LogP contribution is -2.23. The summed E-state index contributed by atoms with van der Waals surface area (Å²) < 4.78 is 1.57. The summed E-state index contributed by atoms with van der Waals surface area (Å²) in [6, 6.07) is 10.0. The number of fused-ring (bicyclic) bond motifs is 1. The van der Waals surface area contributed by atoms with Crippen LogP contribution in [0.4, 0.5) is 5.13 Å². The Morgan fingerprint density at radius 1 is 1.25 bits per heavy atom. The van der Waals surface area contributed by atoms with E-state index in [1.807, 2.05) is 42.6 Å². The van der Waals surface area contributed by atoms with Gasteiger partial charge in [0.15, 0.2) is 5.13 Å². The average molecular weight is 411 g/mol. The lowest BCUT2D eigenvalue weighted by molar-refractivity contribution is -0.116. The fourth-order valence-electron chi connectivity index (χ4n) is 2.97. The normalized spacial score (nSPS) is 11.1. The van der Waals surface area contributed by atoms with Crippen molar-refractivity contribution in [1.82, 2.24) is 14.5 Å². The molecule has 3 aromatic heterocycles. The Morgan fingerprint density at radius 2 is 2.00 bits per heavy atom. The van der Waals surface area contributed by atoms with E-state index in [-0.39, 0.29) is 11.5 Å². The second kappa shape index (κ2) is 7.29. The molecular formula is C20H18N4O2S2. The minimum absolute atomic E-state index is 0.0737. The molecule has 0 saturated heterocycles. The molecule has 0 atom stereocenters. The van der Waals surface area contributed by atoms with Crippen molar-refractivity contribution in [2.75, 3.05) is 11.9 Å². The van der Waals surface area contributed by atoms with Crippen molar-refractivity contribution in [3.63, 3.8) is 0 Å². The van der Waals surface area contributed by atoms with E-state index in [1.165, 1.54) is 34.5 Å². The number of thiazole rings is 1. The van der Waals surface area contributed by atoms with Gasteiger partial charge in [0.2, 0.25) is 5.91 Å². The van der Waals surface area contributed by atoms with Crippen LogP contribution in [0.2, 0.25) is 0 Å². The Hall–Kier alpha value is -2.84. The Bertz CT molecular complexity index is 1220. The van der Waals surface area contributed by atoms with E-state index in [9.17, 15) is 9.59 Å². The van der Waals surface area contributed by atoms with Crippen LogP contribution in [0.3, 0.4) is 0 Å². The number of anilines is 1. The van der Waals surface area contributed by atoms with Gasteiger partial charge in [-0.05, 0) is 18.1 Å². The Labute approximate surface area is 169 Å². The third-order valence-corrected chi connectivity index (χ3v) is 6.80. The molecule has 1 aromatic carbocycles. The summed E-state index contributed by atoms with van der Waals surface area (Å²) in [6.07, 6.45) is 1.57. The molecule has 0 bridgehead atoms. The van der Waals surface area contributed by atoms with Gasteiger partial charge in [-0.1, -0.05) is 30.3 Å². The van der Waals surface area contributed by atoms with E-state index < -0.39 is 0 Å². The van der Waals surface area contributed by atoms with Crippen molar-refractivity contribution in [3.05, 3.63) is 63.7 Å². The van der Waals surface area contributed by atoms with Crippen molar-refractivity contribution in [2.45, 2.75) is 20.4 Å². The first-order valence-electron chi connectivity index (χ1n) is 8.68. The number of amides is 1. The average Bonchev–Trinajstić information content (AvgIpc) is 3.29. The second-order valence-electron chi connectivity index (χ2n) is 6.48. The first-order chi connectivity index (χ1) is 13.5. The number of carbonyl (C=O) groups excluding carboxylic acids is 1. The van der Waals surface area contributed by atoms with Crippen LogP contribution < -0.4 is 10.5 Å². The summed E-state index contributed by atoms with van der Waals surface area (Å²) in [5.74, 6) is -0.0801. The largest absolute Gasteiger partial charge is 0.293 e. The molecule has 6 nitrogen and oxygen atoms in total. The molecule has 0 N–H and O–H groups in total. The van der Waals surface area contributed by atoms with Crippen LogP contribution >= 0.6 is 22.7 Å². The number of hydrogen-bond acceptors (Lipinski definition) is 6. The molecule has 0 unspecified atom stereocenters. The second-order valence-corrected chi connectivity index (χ2v) is 8.32. The van der Waals surface area contributed by atoms with Gasteiger partial charge in [-0.2, -0.15) is 0 Å². The zero-order chi connectivity index (χ0) is 19.8. The number of aromatic nitrogens is 3. The molecule has 142 valence electrons. The first-order valence-corrected chi connectivity index (χ1v) is 10.4. The van der Waals surface area contributed by atoms with Crippen molar-refractivity contribution in [1.29, 1.82) is 0 Å². The first kappa shape index (κ1) is 18.5. The fourth-order valence-corrected chi connectivity index (χ4v) is 4.94. The van der Waals surface area contributed by atoms with Gasteiger partial charge in [-0.25, -0.2) is 9.97 Å². The van der Waals surface area contributed by atoms with Gasteiger partial charge < -0.3 is 0 Å². The Balaban J connectivity index is 1.72. The highest BCUT2D eigenvalue weighted by atomic mass is 32.1. The molecule has 0 aliphatic carbocycles. The van der Waals surface area contributed by atoms with Crippen LogP contribution in [0.25, 0.3) is 20.7 Å². The van der Waals surface area contributed by atoms with E-state index in [0.717, 1.165) is 26.5 Å². The smallest absolute Gasteiger partial charge is 0.262 e. The molecule has 1 amide bonds. The number of thiophene rings is 1. The van der Waals surface area contributed by atoms with Crippen LogP contribution in [0.5, 0.6) is 0 Å². The maximum absolute atomic E-state index is 13.1. The summed E-state index contributed by atoms with van der Waals surface area (Å²) in [5, 5.41) is 3.13. The topological polar surface area (TPSA) is 68.1 Å². The molecule has 28 heavy (non-hydrogen) atoms. The molecular weight excluding hydrogens is 392 g/mol. The molecule has 8 heteroatoms. The van der Waals surface area contributed by atoms with Crippen LogP contribution in [0, 0.1) is 6.92 Å². The van der Waals surface area contributed by atoms with Gasteiger partial charge >= 0.3 is 0 Å². The highest BCUT2D eigenvalue weighted by Crippen LogP contribution is 2.35. The molecule has 3 heterocycles. The maximum Gasteiger partial charge on any atom is 0.262 e. The predicted octanol–water partition coefficient (Wildman–Crippen LogP) is 3.92. The van der Waals surface area contributed by atoms with Crippen molar-refractivity contribution >= 4 is 43.9 Å². The molecule has 4 aromatic rings. The van der Waals surface area contributed by atoms with Gasteiger partial charge in [0.25, 0.3) is 5.56 Å². The molecule has 0 aliphatic heterocycles. The number of nitrogens with zero attached hydrogens (tertiary/aromatic N) is 4. The molecule has 0 saturated carbocycles. The van der Waals surface area contributed by atoms with Crippen molar-refractivity contribution in [3.8, 4) is 10.4 Å². The Morgan fingerprint density at radius 3 is 2.71 bits per heavy atom.